The number of thioether (sulfide) groups is 1. The molecule has 0 saturated heterocycles. The lowest BCUT2D eigenvalue weighted by Crippen LogP contribution is -2.22. The zero-order valence-electron chi connectivity index (χ0n) is 11.7. The van der Waals surface area contributed by atoms with Crippen LogP contribution in [-0.2, 0) is 0 Å². The van der Waals surface area contributed by atoms with Crippen LogP contribution >= 0.6 is 11.8 Å². The summed E-state index contributed by atoms with van der Waals surface area (Å²) < 4.78 is 0. The third-order valence-corrected chi connectivity index (χ3v) is 4.54. The average molecular weight is 278 g/mol. The Hall–Kier alpha value is -1.23. The maximum absolute atomic E-state index is 5.68. The normalized spacial score (nSPS) is 15.7. The molecule has 1 atom stereocenters. The van der Waals surface area contributed by atoms with Crippen molar-refractivity contribution in [3.8, 4) is 0 Å². The summed E-state index contributed by atoms with van der Waals surface area (Å²) in [6.07, 6.45) is 6.74. The van der Waals surface area contributed by atoms with Crippen LogP contribution in [0.25, 0.3) is 0 Å². The minimum atomic E-state index is 0.333. The molecule has 1 aromatic rings. The number of hydrogen-bond acceptors (Lipinski definition) is 5. The van der Waals surface area contributed by atoms with E-state index in [-0.39, 0.29) is 0 Å². The van der Waals surface area contributed by atoms with E-state index in [2.05, 4.69) is 35.3 Å². The maximum Gasteiger partial charge on any atom is 0.222 e. The van der Waals surface area contributed by atoms with Crippen LogP contribution in [0.2, 0.25) is 0 Å². The van der Waals surface area contributed by atoms with E-state index in [1.165, 1.54) is 25.7 Å². The molecule has 1 aliphatic heterocycles. The highest BCUT2D eigenvalue weighted by Crippen LogP contribution is 2.43. The lowest BCUT2D eigenvalue weighted by Gasteiger charge is -2.22. The molecule has 5 heteroatoms. The highest BCUT2D eigenvalue weighted by Gasteiger charge is 2.26. The van der Waals surface area contributed by atoms with Crippen LogP contribution in [-0.4, -0.2) is 16.5 Å². The van der Waals surface area contributed by atoms with Crippen molar-refractivity contribution in [3.63, 3.8) is 0 Å². The zero-order chi connectivity index (χ0) is 13.8. The van der Waals surface area contributed by atoms with Crippen LogP contribution in [0.5, 0.6) is 0 Å². The number of aromatic nitrogens is 2. The summed E-state index contributed by atoms with van der Waals surface area (Å²) in [5.41, 5.74) is 5.68. The minimum Gasteiger partial charge on any atom is -0.368 e. The number of rotatable bonds is 6. The Labute approximate surface area is 119 Å². The number of nitrogen functional groups attached to an aromatic ring is 1. The molecule has 1 unspecified atom stereocenters. The van der Waals surface area contributed by atoms with Gasteiger partial charge < -0.3 is 10.6 Å². The van der Waals surface area contributed by atoms with Gasteiger partial charge in [-0.05, 0) is 12.3 Å². The van der Waals surface area contributed by atoms with Crippen molar-refractivity contribution in [2.75, 3.05) is 17.2 Å². The molecule has 2 heterocycles. The molecule has 19 heavy (non-hydrogen) atoms. The van der Waals surface area contributed by atoms with Gasteiger partial charge in [0.2, 0.25) is 5.95 Å². The van der Waals surface area contributed by atoms with E-state index >= 15 is 0 Å². The lowest BCUT2D eigenvalue weighted by atomic mass is 9.97. The molecule has 2 rings (SSSR count). The second-order valence-corrected chi connectivity index (χ2v) is 6.03. The summed E-state index contributed by atoms with van der Waals surface area (Å²) in [7, 11) is 0. The Morgan fingerprint density at radius 1 is 1.42 bits per heavy atom. The van der Waals surface area contributed by atoms with E-state index in [0.717, 1.165) is 28.2 Å². The highest BCUT2D eigenvalue weighted by atomic mass is 32.2. The SMILES string of the molecule is C=C1Sc2cnc(N)nc2N1CCC(CC)CCC. The summed E-state index contributed by atoms with van der Waals surface area (Å²) in [5.74, 6) is 2.04. The Morgan fingerprint density at radius 2 is 2.21 bits per heavy atom. The molecule has 0 bridgehead atoms. The smallest absolute Gasteiger partial charge is 0.222 e. The van der Waals surface area contributed by atoms with Crippen molar-refractivity contribution < 1.29 is 0 Å². The topological polar surface area (TPSA) is 55.0 Å². The number of nitrogens with two attached hydrogens (primary N) is 1. The van der Waals surface area contributed by atoms with Gasteiger partial charge in [-0.2, -0.15) is 4.98 Å². The Kier molecular flexibility index (Phi) is 4.69. The van der Waals surface area contributed by atoms with Crippen LogP contribution in [0.1, 0.15) is 39.5 Å². The first-order chi connectivity index (χ1) is 9.15. The fraction of sp³-hybridized carbons (Fsp3) is 0.571. The molecule has 0 radical (unpaired) electrons. The molecule has 0 saturated carbocycles. The second kappa shape index (κ2) is 6.28. The van der Waals surface area contributed by atoms with Gasteiger partial charge in [0, 0.05) is 12.7 Å². The fourth-order valence-corrected chi connectivity index (χ4v) is 3.34. The maximum atomic E-state index is 5.68. The van der Waals surface area contributed by atoms with Gasteiger partial charge in [-0.15, -0.1) is 0 Å². The van der Waals surface area contributed by atoms with Gasteiger partial charge in [-0.3, -0.25) is 0 Å². The average Bonchev–Trinajstić information content (AvgIpc) is 2.70. The van der Waals surface area contributed by atoms with Gasteiger partial charge in [-0.1, -0.05) is 51.5 Å². The van der Waals surface area contributed by atoms with Crippen molar-refractivity contribution in [2.24, 2.45) is 5.92 Å². The molecule has 0 spiro atoms. The van der Waals surface area contributed by atoms with Gasteiger partial charge in [0.1, 0.15) is 0 Å². The first-order valence-electron chi connectivity index (χ1n) is 6.92. The summed E-state index contributed by atoms with van der Waals surface area (Å²) in [6.45, 7) is 9.59. The van der Waals surface area contributed by atoms with Crippen molar-refractivity contribution >= 4 is 23.5 Å². The first kappa shape index (κ1) is 14.2. The van der Waals surface area contributed by atoms with Crippen molar-refractivity contribution in [1.82, 2.24) is 9.97 Å². The van der Waals surface area contributed by atoms with E-state index < -0.39 is 0 Å². The molecule has 0 aromatic carbocycles. The Balaban J connectivity index is 2.05. The Morgan fingerprint density at radius 3 is 2.89 bits per heavy atom. The quantitative estimate of drug-likeness (QED) is 0.860. The van der Waals surface area contributed by atoms with Crippen LogP contribution in [0, 0.1) is 5.92 Å². The molecule has 2 N–H and O–H groups in total. The summed E-state index contributed by atoms with van der Waals surface area (Å²) in [4.78, 5) is 11.6. The highest BCUT2D eigenvalue weighted by molar-refractivity contribution is 8.03. The van der Waals surface area contributed by atoms with Crippen LogP contribution in [0.3, 0.4) is 0 Å². The molecule has 1 aliphatic rings. The van der Waals surface area contributed by atoms with Crippen LogP contribution in [0.15, 0.2) is 22.7 Å². The fourth-order valence-electron chi connectivity index (χ4n) is 2.44. The van der Waals surface area contributed by atoms with E-state index in [9.17, 15) is 0 Å². The molecular weight excluding hydrogens is 256 g/mol. The lowest BCUT2D eigenvalue weighted by molar-refractivity contribution is 0.436. The minimum absolute atomic E-state index is 0.333. The predicted octanol–water partition coefficient (Wildman–Crippen LogP) is 3.66. The van der Waals surface area contributed by atoms with Crippen LogP contribution < -0.4 is 10.6 Å². The van der Waals surface area contributed by atoms with Crippen LogP contribution in [0.4, 0.5) is 11.8 Å². The molecule has 1 aromatic heterocycles. The van der Waals surface area contributed by atoms with Gasteiger partial charge in [0.15, 0.2) is 5.82 Å². The molecule has 0 amide bonds. The summed E-state index contributed by atoms with van der Waals surface area (Å²) in [5, 5.41) is 1.03. The second-order valence-electron chi connectivity index (χ2n) is 4.92. The third kappa shape index (κ3) is 3.21. The molecule has 0 fully saturated rings. The monoisotopic (exact) mass is 278 g/mol. The number of anilines is 2. The number of hydrogen-bond donors (Lipinski definition) is 1. The van der Waals surface area contributed by atoms with Crippen molar-refractivity contribution in [3.05, 3.63) is 17.8 Å². The molecule has 4 nitrogen and oxygen atoms in total. The summed E-state index contributed by atoms with van der Waals surface area (Å²) in [6, 6.07) is 0. The van der Waals surface area contributed by atoms with Crippen molar-refractivity contribution in [2.45, 2.75) is 44.4 Å². The molecule has 104 valence electrons. The van der Waals surface area contributed by atoms with Gasteiger partial charge >= 0.3 is 0 Å². The van der Waals surface area contributed by atoms with E-state index in [1.807, 2.05) is 0 Å². The van der Waals surface area contributed by atoms with Gasteiger partial charge in [0.25, 0.3) is 0 Å². The van der Waals surface area contributed by atoms with Gasteiger partial charge in [0.05, 0.1) is 9.92 Å². The van der Waals surface area contributed by atoms with Crippen molar-refractivity contribution in [1.29, 1.82) is 0 Å². The molecular formula is C14H22N4S. The molecule has 0 aliphatic carbocycles. The van der Waals surface area contributed by atoms with E-state index in [4.69, 9.17) is 5.73 Å². The van der Waals surface area contributed by atoms with E-state index in [0.29, 0.717) is 5.95 Å². The summed E-state index contributed by atoms with van der Waals surface area (Å²) >= 11 is 1.63. The Bertz CT molecular complexity index is 461. The van der Waals surface area contributed by atoms with E-state index in [1.54, 1.807) is 18.0 Å². The number of fused-ring (bicyclic) bond motifs is 1. The third-order valence-electron chi connectivity index (χ3n) is 3.57. The predicted molar refractivity (Wildman–Crippen MR) is 82.1 cm³/mol. The standard InChI is InChI=1S/C14H22N4S/c1-4-6-11(5-2)7-8-18-10(3)19-12-9-16-14(15)17-13(12)18/h9,11H,3-8H2,1-2H3,(H2,15,16,17). The number of nitrogens with zero attached hydrogens (tertiary/aromatic N) is 3. The zero-order valence-corrected chi connectivity index (χ0v) is 12.5. The largest absolute Gasteiger partial charge is 0.368 e. The first-order valence-corrected chi connectivity index (χ1v) is 7.74. The van der Waals surface area contributed by atoms with Gasteiger partial charge in [-0.25, -0.2) is 4.98 Å².